The highest BCUT2D eigenvalue weighted by Gasteiger charge is 2.28. The topological polar surface area (TPSA) is 202 Å². The fourth-order valence-electron chi connectivity index (χ4n) is 3.65. The van der Waals surface area contributed by atoms with E-state index in [4.69, 9.17) is 17.2 Å². The van der Waals surface area contributed by atoms with E-state index >= 15 is 0 Å². The number of aromatic nitrogens is 1. The maximum absolute atomic E-state index is 12.9. The van der Waals surface area contributed by atoms with Crippen LogP contribution in [0.2, 0.25) is 0 Å². The lowest BCUT2D eigenvalue weighted by molar-refractivity contribution is -0.142. The molecule has 0 aliphatic carbocycles. The lowest BCUT2D eigenvalue weighted by atomic mass is 10.0. The minimum Gasteiger partial charge on any atom is -0.480 e. The van der Waals surface area contributed by atoms with Gasteiger partial charge in [-0.1, -0.05) is 32.0 Å². The Morgan fingerprint density at radius 3 is 2.41 bits per heavy atom. The summed E-state index contributed by atoms with van der Waals surface area (Å²) in [6.45, 7) is 4.06. The smallest absolute Gasteiger partial charge is 0.326 e. The van der Waals surface area contributed by atoms with Gasteiger partial charge in [-0.25, -0.2) is 4.79 Å². The first-order chi connectivity index (χ1) is 16.1. The molecule has 11 nitrogen and oxygen atoms in total. The van der Waals surface area contributed by atoms with E-state index in [-0.39, 0.29) is 31.3 Å². The number of nitrogens with one attached hydrogen (secondary N) is 3. The second-order valence-corrected chi connectivity index (χ2v) is 8.71. The van der Waals surface area contributed by atoms with Crippen LogP contribution in [0.25, 0.3) is 10.9 Å². The van der Waals surface area contributed by atoms with Gasteiger partial charge in [0.05, 0.1) is 6.04 Å². The zero-order chi connectivity index (χ0) is 25.3. The Hall–Kier alpha value is -3.60. The summed E-state index contributed by atoms with van der Waals surface area (Å²) in [4.78, 5) is 44.3. The Balaban J connectivity index is 2.02. The molecule has 2 aromatic rings. The number of rotatable bonds is 13. The Morgan fingerprint density at radius 1 is 1.09 bits per heavy atom. The number of aliphatic imine (C=N–C) groups is 1. The first-order valence-corrected chi connectivity index (χ1v) is 11.3. The summed E-state index contributed by atoms with van der Waals surface area (Å²) >= 11 is 0. The fourth-order valence-corrected chi connectivity index (χ4v) is 3.65. The van der Waals surface area contributed by atoms with Gasteiger partial charge in [-0.2, -0.15) is 0 Å². The molecule has 0 radical (unpaired) electrons. The van der Waals surface area contributed by atoms with Gasteiger partial charge in [0.25, 0.3) is 0 Å². The van der Waals surface area contributed by atoms with Crippen LogP contribution in [0.1, 0.15) is 38.7 Å². The number of aliphatic carboxylic acids is 1. The lowest BCUT2D eigenvalue weighted by Gasteiger charge is -2.24. The van der Waals surface area contributed by atoms with E-state index in [1.165, 1.54) is 0 Å². The van der Waals surface area contributed by atoms with Gasteiger partial charge >= 0.3 is 5.97 Å². The van der Waals surface area contributed by atoms with Crippen LogP contribution in [-0.4, -0.2) is 58.5 Å². The molecule has 0 fully saturated rings. The third kappa shape index (κ3) is 8.07. The number of carboxylic acids is 1. The van der Waals surface area contributed by atoms with Gasteiger partial charge in [0.15, 0.2) is 5.96 Å². The Bertz CT molecular complexity index is 1010. The van der Waals surface area contributed by atoms with Crippen LogP contribution in [0.15, 0.2) is 35.5 Å². The number of carbonyl (C=O) groups excluding carboxylic acids is 2. The number of fused-ring (bicyclic) bond motifs is 1. The molecule has 1 heterocycles. The minimum absolute atomic E-state index is 0.0750. The monoisotopic (exact) mass is 473 g/mol. The summed E-state index contributed by atoms with van der Waals surface area (Å²) in [5, 5.41) is 15.7. The first-order valence-electron chi connectivity index (χ1n) is 11.3. The van der Waals surface area contributed by atoms with Crippen LogP contribution in [-0.2, 0) is 20.8 Å². The maximum Gasteiger partial charge on any atom is 0.326 e. The largest absolute Gasteiger partial charge is 0.480 e. The van der Waals surface area contributed by atoms with Crippen molar-refractivity contribution in [2.24, 2.45) is 28.1 Å². The van der Waals surface area contributed by atoms with Crippen molar-refractivity contribution >= 4 is 34.6 Å². The third-order valence-electron chi connectivity index (χ3n) is 5.35. The van der Waals surface area contributed by atoms with Gasteiger partial charge in [-0.15, -0.1) is 0 Å². The summed E-state index contributed by atoms with van der Waals surface area (Å²) < 4.78 is 0. The fraction of sp³-hybridized carbons (Fsp3) is 0.478. The second kappa shape index (κ2) is 12.6. The maximum atomic E-state index is 12.9. The molecular formula is C23H35N7O4. The minimum atomic E-state index is -1.18. The highest BCUT2D eigenvalue weighted by molar-refractivity contribution is 5.92. The number of para-hydroxylation sites is 1. The molecule has 186 valence electrons. The van der Waals surface area contributed by atoms with E-state index in [1.54, 1.807) is 0 Å². The molecule has 34 heavy (non-hydrogen) atoms. The lowest BCUT2D eigenvalue weighted by Crippen LogP contribution is -2.55. The molecule has 0 saturated heterocycles. The molecule has 2 rings (SSSR count). The van der Waals surface area contributed by atoms with E-state index in [1.807, 2.05) is 44.3 Å². The van der Waals surface area contributed by atoms with Crippen molar-refractivity contribution in [1.82, 2.24) is 15.6 Å². The second-order valence-electron chi connectivity index (χ2n) is 8.71. The number of benzene rings is 1. The molecule has 0 aliphatic rings. The zero-order valence-corrected chi connectivity index (χ0v) is 19.6. The Labute approximate surface area is 198 Å². The number of nitrogens with two attached hydrogens (primary N) is 3. The van der Waals surface area contributed by atoms with Gasteiger partial charge in [0, 0.05) is 23.6 Å². The SMILES string of the molecule is CC(C)CC(NC(=O)C(N)Cc1c[nH]c2ccccc12)C(=O)NC(CCCN=C(N)N)C(=O)O. The molecule has 1 aromatic heterocycles. The van der Waals surface area contributed by atoms with Gasteiger partial charge in [-0.3, -0.25) is 14.6 Å². The summed E-state index contributed by atoms with van der Waals surface area (Å²) in [5.74, 6) is -2.24. The van der Waals surface area contributed by atoms with E-state index in [0.29, 0.717) is 12.8 Å². The number of guanidine groups is 1. The molecule has 0 bridgehead atoms. The number of H-pyrrole nitrogens is 1. The summed E-state index contributed by atoms with van der Waals surface area (Å²) in [5.41, 5.74) is 18.5. The summed E-state index contributed by atoms with van der Waals surface area (Å²) in [6.07, 6.45) is 2.94. The molecule has 1 aromatic carbocycles. The third-order valence-corrected chi connectivity index (χ3v) is 5.35. The van der Waals surface area contributed by atoms with Crippen LogP contribution in [0.4, 0.5) is 0 Å². The van der Waals surface area contributed by atoms with Crippen LogP contribution < -0.4 is 27.8 Å². The number of hydrogen-bond donors (Lipinski definition) is 7. The van der Waals surface area contributed by atoms with Crippen molar-refractivity contribution < 1.29 is 19.5 Å². The predicted molar refractivity (Wildman–Crippen MR) is 131 cm³/mol. The Kier molecular flexibility index (Phi) is 9.87. The number of carboxylic acid groups (broad SMARTS) is 1. The predicted octanol–water partition coefficient (Wildman–Crippen LogP) is 0.192. The van der Waals surface area contributed by atoms with Crippen molar-refractivity contribution in [1.29, 1.82) is 0 Å². The molecule has 11 heteroatoms. The highest BCUT2D eigenvalue weighted by Crippen LogP contribution is 2.19. The normalized spacial score (nSPS) is 13.8. The summed E-state index contributed by atoms with van der Waals surface area (Å²) in [6, 6.07) is 4.77. The number of hydrogen-bond acceptors (Lipinski definition) is 5. The summed E-state index contributed by atoms with van der Waals surface area (Å²) in [7, 11) is 0. The van der Waals surface area contributed by atoms with Gasteiger partial charge in [0.1, 0.15) is 12.1 Å². The molecule has 0 aliphatic heterocycles. The van der Waals surface area contributed by atoms with Crippen molar-refractivity contribution in [3.05, 3.63) is 36.0 Å². The van der Waals surface area contributed by atoms with E-state index < -0.39 is 35.9 Å². The van der Waals surface area contributed by atoms with Crippen LogP contribution in [0, 0.1) is 5.92 Å². The zero-order valence-electron chi connectivity index (χ0n) is 19.6. The standard InChI is InChI=1S/C23H35N7O4/c1-13(2)10-19(21(32)29-18(22(33)34)8-5-9-27-23(25)26)30-20(31)16(24)11-14-12-28-17-7-4-3-6-15(14)17/h3-4,6-7,12-13,16,18-19,28H,5,8-11,24H2,1-2H3,(H,29,32)(H,30,31)(H,33,34)(H4,25,26,27). The van der Waals surface area contributed by atoms with Gasteiger partial charge in [0.2, 0.25) is 11.8 Å². The highest BCUT2D eigenvalue weighted by atomic mass is 16.4. The molecule has 3 atom stereocenters. The quantitative estimate of drug-likeness (QED) is 0.122. The number of amides is 2. The van der Waals surface area contributed by atoms with Gasteiger partial charge < -0.3 is 37.9 Å². The van der Waals surface area contributed by atoms with Crippen molar-refractivity contribution in [3.63, 3.8) is 0 Å². The van der Waals surface area contributed by atoms with E-state index in [2.05, 4.69) is 20.6 Å². The number of aromatic amines is 1. The van der Waals surface area contributed by atoms with Crippen LogP contribution in [0.5, 0.6) is 0 Å². The number of carbonyl (C=O) groups is 3. The van der Waals surface area contributed by atoms with Crippen molar-refractivity contribution in [3.8, 4) is 0 Å². The average molecular weight is 474 g/mol. The Morgan fingerprint density at radius 2 is 1.76 bits per heavy atom. The first kappa shape index (κ1) is 26.7. The van der Waals surface area contributed by atoms with E-state index in [9.17, 15) is 19.5 Å². The van der Waals surface area contributed by atoms with Crippen molar-refractivity contribution in [2.75, 3.05) is 6.54 Å². The molecule has 10 N–H and O–H groups in total. The molecule has 0 spiro atoms. The molecular weight excluding hydrogens is 438 g/mol. The van der Waals surface area contributed by atoms with Gasteiger partial charge in [-0.05, 0) is 43.2 Å². The average Bonchev–Trinajstić information content (AvgIpc) is 3.17. The molecule has 2 amide bonds. The number of nitrogens with zero attached hydrogens (tertiary/aromatic N) is 1. The van der Waals surface area contributed by atoms with Crippen molar-refractivity contribution in [2.45, 2.75) is 57.7 Å². The van der Waals surface area contributed by atoms with E-state index in [0.717, 1.165) is 16.5 Å². The van der Waals surface area contributed by atoms with Crippen LogP contribution >= 0.6 is 0 Å². The van der Waals surface area contributed by atoms with Crippen LogP contribution in [0.3, 0.4) is 0 Å². The molecule has 3 unspecified atom stereocenters. The molecule has 0 saturated carbocycles.